The number of carbonyl (C=O) groups is 1. The number of amides is 1. The van der Waals surface area contributed by atoms with Gasteiger partial charge in [-0.2, -0.15) is 0 Å². The lowest BCUT2D eigenvalue weighted by Crippen LogP contribution is -2.41. The molecule has 1 rings (SSSR count). The summed E-state index contributed by atoms with van der Waals surface area (Å²) >= 11 is 0. The molecule has 0 atom stereocenters. The molecule has 0 aliphatic carbocycles. The Bertz CT molecular complexity index is 196. The predicted molar refractivity (Wildman–Crippen MR) is 62.7 cm³/mol. The standard InChI is InChI=1S/C12H24N2O/c1-4-14-7-5-11(6-8-14)12(15)13-9-10(2)3/h10-11H,4-9H2,1-3H3,(H,13,15). The van der Waals surface area contributed by atoms with Crippen LogP contribution in [0.15, 0.2) is 0 Å². The topological polar surface area (TPSA) is 32.3 Å². The molecule has 0 saturated carbocycles. The molecule has 1 N–H and O–H groups in total. The molecule has 0 radical (unpaired) electrons. The Kier molecular flexibility index (Phi) is 5.09. The maximum atomic E-state index is 11.8. The first-order valence-electron chi connectivity index (χ1n) is 6.13. The molecule has 1 amide bonds. The van der Waals surface area contributed by atoms with E-state index in [0.717, 1.165) is 39.0 Å². The molecular weight excluding hydrogens is 188 g/mol. The maximum Gasteiger partial charge on any atom is 0.223 e. The lowest BCUT2D eigenvalue weighted by Gasteiger charge is -2.30. The first-order valence-corrected chi connectivity index (χ1v) is 6.13. The highest BCUT2D eigenvalue weighted by atomic mass is 16.1. The summed E-state index contributed by atoms with van der Waals surface area (Å²) in [5.74, 6) is 1.07. The minimum Gasteiger partial charge on any atom is -0.356 e. The SMILES string of the molecule is CCN1CCC(C(=O)NCC(C)C)CC1. The van der Waals surface area contributed by atoms with Crippen LogP contribution in [0.2, 0.25) is 0 Å². The van der Waals surface area contributed by atoms with E-state index >= 15 is 0 Å². The zero-order valence-electron chi connectivity index (χ0n) is 10.3. The van der Waals surface area contributed by atoms with Gasteiger partial charge < -0.3 is 10.2 Å². The maximum absolute atomic E-state index is 11.8. The number of hydrogen-bond acceptors (Lipinski definition) is 2. The zero-order chi connectivity index (χ0) is 11.3. The molecule has 0 bridgehead atoms. The molecule has 15 heavy (non-hydrogen) atoms. The summed E-state index contributed by atoms with van der Waals surface area (Å²) in [4.78, 5) is 14.2. The van der Waals surface area contributed by atoms with Gasteiger partial charge in [-0.1, -0.05) is 20.8 Å². The minimum absolute atomic E-state index is 0.256. The summed E-state index contributed by atoms with van der Waals surface area (Å²) in [7, 11) is 0. The van der Waals surface area contributed by atoms with Crippen molar-refractivity contribution in [3.05, 3.63) is 0 Å². The number of rotatable bonds is 4. The van der Waals surface area contributed by atoms with E-state index in [0.29, 0.717) is 5.92 Å². The normalized spacial score (nSPS) is 19.5. The fraction of sp³-hybridized carbons (Fsp3) is 0.917. The van der Waals surface area contributed by atoms with Gasteiger partial charge in [0.05, 0.1) is 0 Å². The van der Waals surface area contributed by atoms with Crippen molar-refractivity contribution in [3.63, 3.8) is 0 Å². The van der Waals surface area contributed by atoms with Gasteiger partial charge in [-0.3, -0.25) is 4.79 Å². The molecular formula is C12H24N2O. The van der Waals surface area contributed by atoms with Gasteiger partial charge in [-0.25, -0.2) is 0 Å². The third-order valence-corrected chi connectivity index (χ3v) is 3.09. The second-order valence-electron chi connectivity index (χ2n) is 4.85. The van der Waals surface area contributed by atoms with Gasteiger partial charge >= 0.3 is 0 Å². The van der Waals surface area contributed by atoms with Crippen LogP contribution in [0, 0.1) is 11.8 Å². The van der Waals surface area contributed by atoms with Crippen molar-refractivity contribution in [1.29, 1.82) is 0 Å². The van der Waals surface area contributed by atoms with Crippen molar-refractivity contribution in [2.45, 2.75) is 33.6 Å². The average Bonchev–Trinajstić information content (AvgIpc) is 2.26. The van der Waals surface area contributed by atoms with Crippen molar-refractivity contribution in [1.82, 2.24) is 10.2 Å². The van der Waals surface area contributed by atoms with Crippen molar-refractivity contribution < 1.29 is 4.79 Å². The number of nitrogens with zero attached hydrogens (tertiary/aromatic N) is 1. The largest absolute Gasteiger partial charge is 0.356 e. The van der Waals surface area contributed by atoms with E-state index < -0.39 is 0 Å². The van der Waals surface area contributed by atoms with E-state index in [4.69, 9.17) is 0 Å². The fourth-order valence-electron chi connectivity index (χ4n) is 1.96. The van der Waals surface area contributed by atoms with E-state index in [1.807, 2.05) is 0 Å². The molecule has 88 valence electrons. The summed E-state index contributed by atoms with van der Waals surface area (Å²) in [6.45, 7) is 10.5. The molecule has 0 aromatic carbocycles. The summed E-state index contributed by atoms with van der Waals surface area (Å²) < 4.78 is 0. The van der Waals surface area contributed by atoms with Crippen LogP contribution >= 0.6 is 0 Å². The third-order valence-electron chi connectivity index (χ3n) is 3.09. The summed E-state index contributed by atoms with van der Waals surface area (Å²) in [6.07, 6.45) is 2.05. The van der Waals surface area contributed by atoms with Crippen LogP contribution in [0.5, 0.6) is 0 Å². The van der Waals surface area contributed by atoms with Crippen molar-refractivity contribution >= 4 is 5.91 Å². The summed E-state index contributed by atoms with van der Waals surface area (Å²) in [5, 5.41) is 3.03. The van der Waals surface area contributed by atoms with Crippen molar-refractivity contribution in [3.8, 4) is 0 Å². The summed E-state index contributed by atoms with van der Waals surface area (Å²) in [6, 6.07) is 0. The van der Waals surface area contributed by atoms with E-state index in [2.05, 4.69) is 31.0 Å². The average molecular weight is 212 g/mol. The van der Waals surface area contributed by atoms with Crippen LogP contribution in [0.4, 0.5) is 0 Å². The quantitative estimate of drug-likeness (QED) is 0.766. The van der Waals surface area contributed by atoms with Crippen LogP contribution < -0.4 is 5.32 Å². The molecule has 1 aliphatic heterocycles. The number of carbonyl (C=O) groups excluding carboxylic acids is 1. The minimum atomic E-state index is 0.256. The molecule has 3 heteroatoms. The molecule has 1 saturated heterocycles. The Morgan fingerprint density at radius 3 is 2.47 bits per heavy atom. The third kappa shape index (κ3) is 4.20. The highest BCUT2D eigenvalue weighted by Gasteiger charge is 2.23. The van der Waals surface area contributed by atoms with E-state index in [1.165, 1.54) is 0 Å². The Balaban J connectivity index is 2.24. The first-order chi connectivity index (χ1) is 7.13. The van der Waals surface area contributed by atoms with Gasteiger partial charge in [0.25, 0.3) is 0 Å². The zero-order valence-corrected chi connectivity index (χ0v) is 10.3. The van der Waals surface area contributed by atoms with Gasteiger partial charge in [0, 0.05) is 12.5 Å². The van der Waals surface area contributed by atoms with Gasteiger partial charge in [-0.05, 0) is 38.4 Å². The smallest absolute Gasteiger partial charge is 0.223 e. The van der Waals surface area contributed by atoms with Crippen LogP contribution in [0.1, 0.15) is 33.6 Å². The van der Waals surface area contributed by atoms with Crippen LogP contribution in [0.25, 0.3) is 0 Å². The number of nitrogens with one attached hydrogen (secondary N) is 1. The molecule has 1 heterocycles. The lowest BCUT2D eigenvalue weighted by atomic mass is 9.96. The van der Waals surface area contributed by atoms with Gasteiger partial charge in [0.15, 0.2) is 0 Å². The van der Waals surface area contributed by atoms with Crippen LogP contribution in [0.3, 0.4) is 0 Å². The molecule has 1 fully saturated rings. The second-order valence-corrected chi connectivity index (χ2v) is 4.85. The molecule has 3 nitrogen and oxygen atoms in total. The molecule has 1 aliphatic rings. The Hall–Kier alpha value is -0.570. The molecule has 0 aromatic rings. The Morgan fingerprint density at radius 2 is 2.00 bits per heavy atom. The second kappa shape index (κ2) is 6.11. The Labute approximate surface area is 93.2 Å². The number of likely N-dealkylation sites (tertiary alicyclic amines) is 1. The molecule has 0 unspecified atom stereocenters. The van der Waals surface area contributed by atoms with Crippen LogP contribution in [-0.2, 0) is 4.79 Å². The highest BCUT2D eigenvalue weighted by molar-refractivity contribution is 5.78. The van der Waals surface area contributed by atoms with Gasteiger partial charge in [0.1, 0.15) is 0 Å². The fourth-order valence-corrected chi connectivity index (χ4v) is 1.96. The monoisotopic (exact) mass is 212 g/mol. The van der Waals surface area contributed by atoms with E-state index in [9.17, 15) is 4.79 Å². The summed E-state index contributed by atoms with van der Waals surface area (Å²) in [5.41, 5.74) is 0. The number of hydrogen-bond donors (Lipinski definition) is 1. The van der Waals surface area contributed by atoms with E-state index in [1.54, 1.807) is 0 Å². The molecule has 0 spiro atoms. The predicted octanol–water partition coefficient (Wildman–Crippen LogP) is 1.49. The van der Waals surface area contributed by atoms with E-state index in [-0.39, 0.29) is 11.8 Å². The number of piperidine rings is 1. The van der Waals surface area contributed by atoms with Crippen LogP contribution in [-0.4, -0.2) is 37.0 Å². The van der Waals surface area contributed by atoms with Crippen molar-refractivity contribution in [2.75, 3.05) is 26.2 Å². The van der Waals surface area contributed by atoms with Gasteiger partial charge in [-0.15, -0.1) is 0 Å². The first kappa shape index (κ1) is 12.5. The molecule has 0 aromatic heterocycles. The van der Waals surface area contributed by atoms with Crippen molar-refractivity contribution in [2.24, 2.45) is 11.8 Å². The lowest BCUT2D eigenvalue weighted by molar-refractivity contribution is -0.126. The van der Waals surface area contributed by atoms with Gasteiger partial charge in [0.2, 0.25) is 5.91 Å². The Morgan fingerprint density at radius 1 is 1.40 bits per heavy atom. The highest BCUT2D eigenvalue weighted by Crippen LogP contribution is 2.16.